The van der Waals surface area contributed by atoms with Crippen LogP contribution in [0.5, 0.6) is 0 Å². The van der Waals surface area contributed by atoms with Crippen LogP contribution in [0, 0.1) is 6.92 Å². The second-order valence-corrected chi connectivity index (χ2v) is 7.22. The van der Waals surface area contributed by atoms with Gasteiger partial charge in [-0.3, -0.25) is 4.79 Å². The topological polar surface area (TPSA) is 52.7 Å². The molecule has 0 atom stereocenters. The Labute approximate surface area is 173 Å². The van der Waals surface area contributed by atoms with Gasteiger partial charge in [0.05, 0.1) is 10.9 Å². The molecule has 5 nitrogen and oxygen atoms in total. The molecule has 0 N–H and O–H groups in total. The molecule has 0 saturated carbocycles. The van der Waals surface area contributed by atoms with E-state index in [4.69, 9.17) is 4.98 Å². The van der Waals surface area contributed by atoms with Crippen LogP contribution in [0.2, 0.25) is 0 Å². The molecule has 0 saturated heterocycles. The summed E-state index contributed by atoms with van der Waals surface area (Å²) in [6, 6.07) is 21.2. The lowest BCUT2D eigenvalue weighted by atomic mass is 10.1. The summed E-state index contributed by atoms with van der Waals surface area (Å²) in [5.74, 6) is 1.10. The van der Waals surface area contributed by atoms with Crippen molar-refractivity contribution in [2.24, 2.45) is 7.05 Å². The Balaban J connectivity index is 1.76. The average molecular weight is 392 g/mol. The minimum atomic E-state index is -0.131. The molecule has 2 aromatic carbocycles. The Hall–Kier alpha value is -3.99. The Morgan fingerprint density at radius 2 is 1.60 bits per heavy atom. The molecule has 3 aromatic heterocycles. The van der Waals surface area contributed by atoms with Gasteiger partial charge < -0.3 is 4.57 Å². The zero-order valence-corrected chi connectivity index (χ0v) is 16.8. The molecule has 0 amide bonds. The molecular weight excluding hydrogens is 372 g/mol. The lowest BCUT2D eigenvalue weighted by molar-refractivity contribution is 0.904. The van der Waals surface area contributed by atoms with Crippen molar-refractivity contribution < 1.29 is 0 Å². The molecule has 5 rings (SSSR count). The van der Waals surface area contributed by atoms with Crippen LogP contribution in [0.4, 0.5) is 0 Å². The second kappa shape index (κ2) is 7.12. The summed E-state index contributed by atoms with van der Waals surface area (Å²) in [5, 5.41) is 1.74. The van der Waals surface area contributed by atoms with E-state index >= 15 is 0 Å². The van der Waals surface area contributed by atoms with Gasteiger partial charge in [-0.15, -0.1) is 0 Å². The quantitative estimate of drug-likeness (QED) is 0.445. The lowest BCUT2D eigenvalue weighted by Crippen LogP contribution is -2.23. The largest absolute Gasteiger partial charge is 0.347 e. The molecule has 5 heteroatoms. The number of aromatic nitrogens is 4. The van der Waals surface area contributed by atoms with E-state index < -0.39 is 0 Å². The first-order chi connectivity index (χ1) is 14.6. The summed E-state index contributed by atoms with van der Waals surface area (Å²) in [5.41, 5.74) is 3.98. The van der Waals surface area contributed by atoms with Crippen LogP contribution in [0.1, 0.15) is 17.1 Å². The molecule has 0 fully saturated rings. The van der Waals surface area contributed by atoms with Crippen LogP contribution >= 0.6 is 0 Å². The first-order valence-electron chi connectivity index (χ1n) is 9.80. The molecule has 30 heavy (non-hydrogen) atoms. The molecule has 0 aliphatic rings. The average Bonchev–Trinajstić information content (AvgIpc) is 3.03. The maximum atomic E-state index is 13.3. The Bertz CT molecular complexity index is 1480. The maximum Gasteiger partial charge on any atom is 0.267 e. The molecule has 0 aliphatic heterocycles. The van der Waals surface area contributed by atoms with Crippen molar-refractivity contribution in [3.05, 3.63) is 100 Å². The normalized spacial score (nSPS) is 11.7. The van der Waals surface area contributed by atoms with Gasteiger partial charge in [-0.2, -0.15) is 0 Å². The maximum absolute atomic E-state index is 13.3. The van der Waals surface area contributed by atoms with Gasteiger partial charge in [0.15, 0.2) is 0 Å². The highest BCUT2D eigenvalue weighted by atomic mass is 16.1. The molecule has 0 spiro atoms. The number of aryl methyl sites for hydroxylation is 1. The molecule has 3 heterocycles. The smallest absolute Gasteiger partial charge is 0.267 e. The fourth-order valence-electron chi connectivity index (χ4n) is 3.89. The summed E-state index contributed by atoms with van der Waals surface area (Å²) in [7, 11) is 2.06. The summed E-state index contributed by atoms with van der Waals surface area (Å²) in [4.78, 5) is 22.5. The highest BCUT2D eigenvalue weighted by Crippen LogP contribution is 2.26. The highest BCUT2D eigenvalue weighted by molar-refractivity contribution is 5.93. The van der Waals surface area contributed by atoms with Gasteiger partial charge in [0, 0.05) is 35.4 Å². The van der Waals surface area contributed by atoms with Gasteiger partial charge in [-0.05, 0) is 49.4 Å². The van der Waals surface area contributed by atoms with Crippen LogP contribution in [-0.4, -0.2) is 19.1 Å². The van der Waals surface area contributed by atoms with Gasteiger partial charge in [0.2, 0.25) is 0 Å². The minimum Gasteiger partial charge on any atom is -0.347 e. The SMILES string of the molecule is Cc1c(C=Cc2nc3ccccc3c(=O)n2-c2ccccn2)c2ccccc2n1C. The second-order valence-electron chi connectivity index (χ2n) is 7.22. The van der Waals surface area contributed by atoms with E-state index in [9.17, 15) is 4.79 Å². The van der Waals surface area contributed by atoms with Crippen molar-refractivity contribution in [3.63, 3.8) is 0 Å². The predicted molar refractivity (Wildman–Crippen MR) is 122 cm³/mol. The van der Waals surface area contributed by atoms with E-state index in [0.717, 1.165) is 11.3 Å². The fourth-order valence-corrected chi connectivity index (χ4v) is 3.89. The number of hydrogen-bond donors (Lipinski definition) is 0. The summed E-state index contributed by atoms with van der Waals surface area (Å²) >= 11 is 0. The van der Waals surface area contributed by atoms with E-state index in [1.807, 2.05) is 60.7 Å². The number of rotatable bonds is 3. The number of pyridine rings is 1. The Kier molecular flexibility index (Phi) is 4.29. The van der Waals surface area contributed by atoms with Crippen LogP contribution in [0.25, 0.3) is 39.8 Å². The minimum absolute atomic E-state index is 0.131. The van der Waals surface area contributed by atoms with Crippen molar-refractivity contribution in [2.75, 3.05) is 0 Å². The number of benzene rings is 2. The molecule has 5 aromatic rings. The van der Waals surface area contributed by atoms with Crippen molar-refractivity contribution in [3.8, 4) is 5.82 Å². The molecular formula is C25H20N4O. The number of nitrogens with zero attached hydrogens (tertiary/aromatic N) is 4. The first-order valence-corrected chi connectivity index (χ1v) is 9.80. The zero-order valence-electron chi connectivity index (χ0n) is 16.8. The van der Waals surface area contributed by atoms with Crippen LogP contribution in [0.15, 0.2) is 77.7 Å². The highest BCUT2D eigenvalue weighted by Gasteiger charge is 2.13. The Morgan fingerprint density at radius 3 is 2.40 bits per heavy atom. The Morgan fingerprint density at radius 1 is 0.867 bits per heavy atom. The summed E-state index contributed by atoms with van der Waals surface area (Å²) in [6.45, 7) is 2.10. The molecule has 0 aliphatic carbocycles. The van der Waals surface area contributed by atoms with E-state index in [-0.39, 0.29) is 5.56 Å². The third kappa shape index (κ3) is 2.83. The first kappa shape index (κ1) is 18.1. The van der Waals surface area contributed by atoms with E-state index in [1.165, 1.54) is 10.9 Å². The molecule has 0 unspecified atom stereocenters. The summed E-state index contributed by atoms with van der Waals surface area (Å²) in [6.07, 6.45) is 5.62. The summed E-state index contributed by atoms with van der Waals surface area (Å²) < 4.78 is 3.74. The van der Waals surface area contributed by atoms with E-state index in [2.05, 4.69) is 35.7 Å². The number of para-hydroxylation sites is 2. The van der Waals surface area contributed by atoms with Crippen LogP contribution in [-0.2, 0) is 7.05 Å². The molecule has 0 bridgehead atoms. The van der Waals surface area contributed by atoms with Gasteiger partial charge in [-0.25, -0.2) is 14.5 Å². The monoisotopic (exact) mass is 392 g/mol. The number of fused-ring (bicyclic) bond motifs is 2. The lowest BCUT2D eigenvalue weighted by Gasteiger charge is -2.10. The van der Waals surface area contributed by atoms with Crippen LogP contribution < -0.4 is 5.56 Å². The third-order valence-corrected chi connectivity index (χ3v) is 5.53. The fraction of sp³-hybridized carbons (Fsp3) is 0.0800. The van der Waals surface area contributed by atoms with Crippen LogP contribution in [0.3, 0.4) is 0 Å². The van der Waals surface area contributed by atoms with E-state index in [0.29, 0.717) is 22.5 Å². The third-order valence-electron chi connectivity index (χ3n) is 5.53. The molecule has 146 valence electrons. The standard InChI is InChI=1S/C25H20N4O/c1-17-18(19-9-4-6-12-22(19)28(17)2)14-15-24-27-21-11-5-3-10-20(21)25(30)29(24)23-13-7-8-16-26-23/h3-16H,1-2H3. The van der Waals surface area contributed by atoms with Gasteiger partial charge in [0.25, 0.3) is 5.56 Å². The number of hydrogen-bond acceptors (Lipinski definition) is 3. The van der Waals surface area contributed by atoms with Crippen molar-refractivity contribution in [1.82, 2.24) is 19.1 Å². The van der Waals surface area contributed by atoms with Gasteiger partial charge in [0.1, 0.15) is 11.6 Å². The zero-order chi connectivity index (χ0) is 20.7. The van der Waals surface area contributed by atoms with Crippen molar-refractivity contribution >= 4 is 34.0 Å². The van der Waals surface area contributed by atoms with Gasteiger partial charge >= 0.3 is 0 Å². The van der Waals surface area contributed by atoms with Crippen molar-refractivity contribution in [1.29, 1.82) is 0 Å². The van der Waals surface area contributed by atoms with Gasteiger partial charge in [-0.1, -0.05) is 36.4 Å². The predicted octanol–water partition coefficient (Wildman–Crippen LogP) is 4.75. The van der Waals surface area contributed by atoms with E-state index in [1.54, 1.807) is 16.8 Å². The van der Waals surface area contributed by atoms with Crippen molar-refractivity contribution in [2.45, 2.75) is 6.92 Å². The molecule has 0 radical (unpaired) electrons.